The Hall–Kier alpha value is -1.39. The fraction of sp³-hybridized carbons (Fsp3) is 0.429. The van der Waals surface area contributed by atoms with E-state index in [1.165, 1.54) is 6.42 Å². The van der Waals surface area contributed by atoms with Crippen molar-refractivity contribution in [2.75, 3.05) is 6.54 Å². The molecule has 0 spiro atoms. The van der Waals surface area contributed by atoms with Gasteiger partial charge in [0.05, 0.1) is 0 Å². The predicted octanol–water partition coefficient (Wildman–Crippen LogP) is 3.23. The first kappa shape index (κ1) is 12.6. The highest BCUT2D eigenvalue weighted by molar-refractivity contribution is 6.30. The van der Waals surface area contributed by atoms with Crippen LogP contribution in [0.15, 0.2) is 28.8 Å². The Labute approximate surface area is 117 Å². The lowest BCUT2D eigenvalue weighted by molar-refractivity contribution is 0.326. The molecule has 3 rings (SSSR count). The fourth-order valence-electron chi connectivity index (χ4n) is 2.77. The van der Waals surface area contributed by atoms with Gasteiger partial charge in [0.15, 0.2) is 0 Å². The minimum absolute atomic E-state index is 0.311. The zero-order valence-electron chi connectivity index (χ0n) is 10.6. The topological polar surface area (TPSA) is 64.9 Å². The van der Waals surface area contributed by atoms with Crippen molar-refractivity contribution in [1.82, 2.24) is 10.1 Å². The summed E-state index contributed by atoms with van der Waals surface area (Å²) in [5.74, 6) is 2.08. The third-order valence-corrected chi connectivity index (χ3v) is 4.04. The number of nitrogens with two attached hydrogens (primary N) is 1. The molecule has 2 atom stereocenters. The minimum atomic E-state index is 0.311. The van der Waals surface area contributed by atoms with E-state index >= 15 is 0 Å². The van der Waals surface area contributed by atoms with E-state index in [0.717, 1.165) is 18.4 Å². The Morgan fingerprint density at radius 1 is 1.37 bits per heavy atom. The van der Waals surface area contributed by atoms with Gasteiger partial charge < -0.3 is 10.3 Å². The summed E-state index contributed by atoms with van der Waals surface area (Å²) >= 11 is 5.97. The molecule has 1 aliphatic rings. The molecule has 5 heteroatoms. The lowest BCUT2D eigenvalue weighted by Gasteiger charge is -2.12. The average molecular weight is 278 g/mol. The van der Waals surface area contributed by atoms with Gasteiger partial charge in [0.1, 0.15) is 0 Å². The highest BCUT2D eigenvalue weighted by atomic mass is 35.5. The highest BCUT2D eigenvalue weighted by Crippen LogP contribution is 2.38. The van der Waals surface area contributed by atoms with Crippen LogP contribution in [-0.4, -0.2) is 16.7 Å². The lowest BCUT2D eigenvalue weighted by atomic mass is 9.96. The highest BCUT2D eigenvalue weighted by Gasteiger charge is 2.31. The summed E-state index contributed by atoms with van der Waals surface area (Å²) in [4.78, 5) is 4.51. The number of hydrogen-bond donors (Lipinski definition) is 1. The zero-order valence-corrected chi connectivity index (χ0v) is 11.3. The van der Waals surface area contributed by atoms with Gasteiger partial charge in [-0.1, -0.05) is 35.3 Å². The summed E-state index contributed by atoms with van der Waals surface area (Å²) in [7, 11) is 0. The number of halogens is 1. The Kier molecular flexibility index (Phi) is 3.53. The molecule has 1 aliphatic carbocycles. The first-order valence-electron chi connectivity index (χ1n) is 6.57. The number of aromatic nitrogens is 2. The van der Waals surface area contributed by atoms with E-state index in [0.29, 0.717) is 35.1 Å². The molecule has 0 bridgehead atoms. The van der Waals surface area contributed by atoms with Crippen LogP contribution < -0.4 is 5.73 Å². The number of rotatable bonds is 3. The van der Waals surface area contributed by atoms with Crippen LogP contribution in [0.5, 0.6) is 0 Å². The van der Waals surface area contributed by atoms with Crippen molar-refractivity contribution in [3.05, 3.63) is 35.2 Å². The SMILES string of the molecule is NCC1CCCC1c1nc(-c2cccc(Cl)c2)no1. The molecule has 0 aliphatic heterocycles. The maximum absolute atomic E-state index is 5.97. The second kappa shape index (κ2) is 5.31. The third kappa shape index (κ3) is 2.51. The summed E-state index contributed by atoms with van der Waals surface area (Å²) in [6.07, 6.45) is 3.41. The van der Waals surface area contributed by atoms with E-state index in [1.807, 2.05) is 24.3 Å². The van der Waals surface area contributed by atoms with E-state index < -0.39 is 0 Å². The summed E-state index contributed by atoms with van der Waals surface area (Å²) in [6.45, 7) is 0.680. The molecule has 1 fully saturated rings. The van der Waals surface area contributed by atoms with Gasteiger partial charge in [-0.2, -0.15) is 4.98 Å². The largest absolute Gasteiger partial charge is 0.339 e. The maximum atomic E-state index is 5.97. The third-order valence-electron chi connectivity index (χ3n) is 3.80. The first-order valence-corrected chi connectivity index (χ1v) is 6.95. The molecule has 2 aromatic rings. The molecule has 0 amide bonds. The van der Waals surface area contributed by atoms with Crippen molar-refractivity contribution in [2.24, 2.45) is 11.7 Å². The molecule has 100 valence electrons. The average Bonchev–Trinajstić information content (AvgIpc) is 3.07. The molecule has 2 N–H and O–H groups in total. The Morgan fingerprint density at radius 2 is 2.26 bits per heavy atom. The van der Waals surface area contributed by atoms with Crippen LogP contribution in [0, 0.1) is 5.92 Å². The van der Waals surface area contributed by atoms with E-state index in [2.05, 4.69) is 10.1 Å². The zero-order chi connectivity index (χ0) is 13.2. The molecule has 0 saturated heterocycles. The van der Waals surface area contributed by atoms with Crippen molar-refractivity contribution >= 4 is 11.6 Å². The van der Waals surface area contributed by atoms with Crippen LogP contribution >= 0.6 is 11.6 Å². The summed E-state index contributed by atoms with van der Waals surface area (Å²) in [5.41, 5.74) is 6.67. The van der Waals surface area contributed by atoms with Crippen molar-refractivity contribution in [3.8, 4) is 11.4 Å². The fourth-order valence-corrected chi connectivity index (χ4v) is 2.96. The molecule has 2 unspecified atom stereocenters. The van der Waals surface area contributed by atoms with Crippen LogP contribution in [0.25, 0.3) is 11.4 Å². The van der Waals surface area contributed by atoms with Gasteiger partial charge in [-0.3, -0.25) is 0 Å². The van der Waals surface area contributed by atoms with Crippen LogP contribution in [0.1, 0.15) is 31.1 Å². The lowest BCUT2D eigenvalue weighted by Crippen LogP contribution is -2.17. The van der Waals surface area contributed by atoms with E-state index in [-0.39, 0.29) is 0 Å². The monoisotopic (exact) mass is 277 g/mol. The first-order chi connectivity index (χ1) is 9.28. The molecular weight excluding hydrogens is 262 g/mol. The van der Waals surface area contributed by atoms with Gasteiger partial charge in [0, 0.05) is 16.5 Å². The van der Waals surface area contributed by atoms with Crippen LogP contribution in [0.4, 0.5) is 0 Å². The minimum Gasteiger partial charge on any atom is -0.339 e. The number of nitrogens with zero attached hydrogens (tertiary/aromatic N) is 2. The second-order valence-corrected chi connectivity index (χ2v) is 5.44. The summed E-state index contributed by atoms with van der Waals surface area (Å²) in [6, 6.07) is 7.47. The molecule has 1 aromatic carbocycles. The van der Waals surface area contributed by atoms with E-state index in [4.69, 9.17) is 21.9 Å². The van der Waals surface area contributed by atoms with E-state index in [9.17, 15) is 0 Å². The maximum Gasteiger partial charge on any atom is 0.230 e. The number of benzene rings is 1. The van der Waals surface area contributed by atoms with Crippen molar-refractivity contribution in [2.45, 2.75) is 25.2 Å². The van der Waals surface area contributed by atoms with Crippen molar-refractivity contribution in [1.29, 1.82) is 0 Å². The quantitative estimate of drug-likeness (QED) is 0.935. The second-order valence-electron chi connectivity index (χ2n) is 5.00. The number of hydrogen-bond acceptors (Lipinski definition) is 4. The predicted molar refractivity (Wildman–Crippen MR) is 73.9 cm³/mol. The van der Waals surface area contributed by atoms with Crippen molar-refractivity contribution in [3.63, 3.8) is 0 Å². The summed E-state index contributed by atoms with van der Waals surface area (Å²) < 4.78 is 5.42. The molecule has 1 heterocycles. The summed E-state index contributed by atoms with van der Waals surface area (Å²) in [5, 5.41) is 4.73. The van der Waals surface area contributed by atoms with Gasteiger partial charge in [-0.05, 0) is 37.4 Å². The van der Waals surface area contributed by atoms with E-state index in [1.54, 1.807) is 0 Å². The normalized spacial score (nSPS) is 22.8. The van der Waals surface area contributed by atoms with Gasteiger partial charge in [0.2, 0.25) is 11.7 Å². The molecule has 0 radical (unpaired) electrons. The molecule has 4 nitrogen and oxygen atoms in total. The van der Waals surface area contributed by atoms with Crippen LogP contribution in [0.3, 0.4) is 0 Å². The molecule has 19 heavy (non-hydrogen) atoms. The van der Waals surface area contributed by atoms with Gasteiger partial charge >= 0.3 is 0 Å². The smallest absolute Gasteiger partial charge is 0.230 e. The Bertz CT molecular complexity index is 569. The van der Waals surface area contributed by atoms with Gasteiger partial charge in [0.25, 0.3) is 0 Å². The molecular formula is C14H16ClN3O. The Balaban J connectivity index is 1.87. The van der Waals surface area contributed by atoms with Gasteiger partial charge in [-0.15, -0.1) is 0 Å². The van der Waals surface area contributed by atoms with Crippen LogP contribution in [-0.2, 0) is 0 Å². The molecule has 1 aromatic heterocycles. The standard InChI is InChI=1S/C14H16ClN3O/c15-11-5-1-3-9(7-11)13-17-14(19-18-13)12-6-2-4-10(12)8-16/h1,3,5,7,10,12H,2,4,6,8,16H2. The van der Waals surface area contributed by atoms with Crippen molar-refractivity contribution < 1.29 is 4.52 Å². The Morgan fingerprint density at radius 3 is 3.05 bits per heavy atom. The van der Waals surface area contributed by atoms with Gasteiger partial charge in [-0.25, -0.2) is 0 Å². The molecule has 1 saturated carbocycles. The van der Waals surface area contributed by atoms with Crippen LogP contribution in [0.2, 0.25) is 5.02 Å².